The summed E-state index contributed by atoms with van der Waals surface area (Å²) in [4.78, 5) is 20.5. The van der Waals surface area contributed by atoms with Crippen molar-refractivity contribution >= 4 is 28.8 Å². The number of fused-ring (bicyclic) bond motifs is 1. The monoisotopic (exact) mass is 332 g/mol. The fraction of sp³-hybridized carbons (Fsp3) is 0.529. The summed E-state index contributed by atoms with van der Waals surface area (Å²) in [5, 5.41) is 2.93. The van der Waals surface area contributed by atoms with Crippen LogP contribution in [0.5, 0.6) is 0 Å². The van der Waals surface area contributed by atoms with Crippen LogP contribution >= 0.6 is 0 Å². The highest BCUT2D eigenvalue weighted by molar-refractivity contribution is 5.91. The molecule has 0 aliphatic carbocycles. The molecule has 1 atom stereocenters. The van der Waals surface area contributed by atoms with Gasteiger partial charge in [0.05, 0.1) is 6.10 Å². The smallest absolute Gasteiger partial charge is 0.321 e. The standard InChI is InChI=1S/C17H24N4O3/c1-4-23-13-6-5-9-21(11-13)16(22)18-12-7-8-14-15(10-12)24-17(19-14)20(2)3/h7-8,10,13H,4-6,9,11H2,1-3H3,(H,18,22)/t13-/m1/s1. The Hall–Kier alpha value is -2.28. The van der Waals surface area contributed by atoms with Gasteiger partial charge in [0.25, 0.3) is 6.01 Å². The molecule has 1 fully saturated rings. The van der Waals surface area contributed by atoms with Crippen LogP contribution in [-0.2, 0) is 4.74 Å². The number of benzene rings is 1. The molecule has 1 saturated heterocycles. The summed E-state index contributed by atoms with van der Waals surface area (Å²) < 4.78 is 11.3. The van der Waals surface area contributed by atoms with Gasteiger partial charge in [0.2, 0.25) is 0 Å². The van der Waals surface area contributed by atoms with Gasteiger partial charge in [-0.05, 0) is 31.9 Å². The Morgan fingerprint density at radius 3 is 3.08 bits per heavy atom. The van der Waals surface area contributed by atoms with Gasteiger partial charge in [0.1, 0.15) is 5.52 Å². The number of nitrogens with one attached hydrogen (secondary N) is 1. The van der Waals surface area contributed by atoms with E-state index in [1.54, 1.807) is 15.9 Å². The van der Waals surface area contributed by atoms with Crippen molar-refractivity contribution in [2.75, 3.05) is 44.0 Å². The van der Waals surface area contributed by atoms with E-state index in [4.69, 9.17) is 9.15 Å². The molecule has 7 heteroatoms. The SMILES string of the molecule is CCO[C@@H]1CCCN(C(=O)Nc2ccc3nc(N(C)C)oc3c2)C1. The minimum absolute atomic E-state index is 0.105. The number of aromatic nitrogens is 1. The van der Waals surface area contributed by atoms with E-state index in [0.717, 1.165) is 24.9 Å². The number of hydrogen-bond donors (Lipinski definition) is 1. The Balaban J connectivity index is 1.68. The summed E-state index contributed by atoms with van der Waals surface area (Å²) >= 11 is 0. The third kappa shape index (κ3) is 3.62. The second kappa shape index (κ2) is 7.09. The molecule has 1 aliphatic rings. The van der Waals surface area contributed by atoms with Gasteiger partial charge in [-0.25, -0.2) is 4.79 Å². The number of ether oxygens (including phenoxy) is 1. The van der Waals surface area contributed by atoms with Crippen molar-refractivity contribution < 1.29 is 13.9 Å². The highest BCUT2D eigenvalue weighted by Gasteiger charge is 2.24. The molecule has 1 aliphatic heterocycles. The van der Waals surface area contributed by atoms with Crippen LogP contribution in [0.2, 0.25) is 0 Å². The summed E-state index contributed by atoms with van der Waals surface area (Å²) in [5.41, 5.74) is 2.13. The van der Waals surface area contributed by atoms with Crippen molar-refractivity contribution in [3.05, 3.63) is 18.2 Å². The number of anilines is 2. The summed E-state index contributed by atoms with van der Waals surface area (Å²) in [6.45, 7) is 4.05. The first-order chi connectivity index (χ1) is 11.6. The zero-order valence-corrected chi connectivity index (χ0v) is 14.4. The Kier molecular flexibility index (Phi) is 4.89. The van der Waals surface area contributed by atoms with Crippen molar-refractivity contribution in [1.82, 2.24) is 9.88 Å². The van der Waals surface area contributed by atoms with E-state index < -0.39 is 0 Å². The van der Waals surface area contributed by atoms with Crippen LogP contribution in [0.15, 0.2) is 22.6 Å². The van der Waals surface area contributed by atoms with E-state index in [1.807, 2.05) is 33.2 Å². The molecule has 2 heterocycles. The fourth-order valence-corrected chi connectivity index (χ4v) is 2.88. The van der Waals surface area contributed by atoms with Crippen LogP contribution < -0.4 is 10.2 Å². The molecule has 2 amide bonds. The van der Waals surface area contributed by atoms with Crippen LogP contribution in [0, 0.1) is 0 Å². The third-order valence-electron chi connectivity index (χ3n) is 4.08. The average molecular weight is 332 g/mol. The van der Waals surface area contributed by atoms with Crippen LogP contribution in [0.25, 0.3) is 11.1 Å². The lowest BCUT2D eigenvalue weighted by Gasteiger charge is -2.32. The van der Waals surface area contributed by atoms with E-state index in [9.17, 15) is 4.79 Å². The Bertz CT molecular complexity index is 711. The van der Waals surface area contributed by atoms with Crippen LogP contribution in [0.4, 0.5) is 16.5 Å². The number of likely N-dealkylation sites (tertiary alicyclic amines) is 1. The van der Waals surface area contributed by atoms with Crippen molar-refractivity contribution in [3.8, 4) is 0 Å². The first-order valence-corrected chi connectivity index (χ1v) is 8.32. The molecule has 130 valence electrons. The number of carbonyl (C=O) groups excluding carboxylic acids is 1. The van der Waals surface area contributed by atoms with Gasteiger partial charge < -0.3 is 24.3 Å². The number of urea groups is 1. The maximum Gasteiger partial charge on any atom is 0.321 e. The van der Waals surface area contributed by atoms with E-state index in [2.05, 4.69) is 10.3 Å². The average Bonchev–Trinajstić information content (AvgIpc) is 2.99. The number of hydrogen-bond acceptors (Lipinski definition) is 5. The molecule has 0 unspecified atom stereocenters. The zero-order chi connectivity index (χ0) is 17.1. The zero-order valence-electron chi connectivity index (χ0n) is 14.4. The molecule has 0 bridgehead atoms. The van der Waals surface area contributed by atoms with Gasteiger partial charge in [-0.1, -0.05) is 0 Å². The highest BCUT2D eigenvalue weighted by Crippen LogP contribution is 2.24. The Morgan fingerprint density at radius 2 is 2.33 bits per heavy atom. The summed E-state index contributed by atoms with van der Waals surface area (Å²) in [6.07, 6.45) is 2.11. The summed E-state index contributed by atoms with van der Waals surface area (Å²) in [7, 11) is 3.75. The molecule has 7 nitrogen and oxygen atoms in total. The van der Waals surface area contributed by atoms with E-state index in [0.29, 0.717) is 30.4 Å². The second-order valence-corrected chi connectivity index (χ2v) is 6.17. The number of carbonyl (C=O) groups is 1. The largest absolute Gasteiger partial charge is 0.423 e. The molecule has 2 aromatic rings. The lowest BCUT2D eigenvalue weighted by Crippen LogP contribution is -2.45. The molecular formula is C17H24N4O3. The van der Waals surface area contributed by atoms with Crippen LogP contribution in [0.1, 0.15) is 19.8 Å². The van der Waals surface area contributed by atoms with Crippen LogP contribution in [-0.4, -0.2) is 55.8 Å². The highest BCUT2D eigenvalue weighted by atomic mass is 16.5. The fourth-order valence-electron chi connectivity index (χ4n) is 2.88. The molecule has 24 heavy (non-hydrogen) atoms. The molecule has 3 rings (SSSR count). The van der Waals surface area contributed by atoms with Gasteiger partial charge in [-0.2, -0.15) is 4.98 Å². The number of nitrogens with zero attached hydrogens (tertiary/aromatic N) is 3. The second-order valence-electron chi connectivity index (χ2n) is 6.17. The predicted octanol–water partition coefficient (Wildman–Crippen LogP) is 2.93. The topological polar surface area (TPSA) is 70.8 Å². The van der Waals surface area contributed by atoms with E-state index in [-0.39, 0.29) is 12.1 Å². The molecule has 1 aromatic carbocycles. The Morgan fingerprint density at radius 1 is 1.50 bits per heavy atom. The van der Waals surface area contributed by atoms with Crippen molar-refractivity contribution in [3.63, 3.8) is 0 Å². The van der Waals surface area contributed by atoms with E-state index >= 15 is 0 Å². The lowest BCUT2D eigenvalue weighted by atomic mass is 10.1. The third-order valence-corrected chi connectivity index (χ3v) is 4.08. The lowest BCUT2D eigenvalue weighted by molar-refractivity contribution is 0.0181. The molecule has 0 radical (unpaired) electrons. The number of amides is 2. The normalized spacial score (nSPS) is 18.0. The quantitative estimate of drug-likeness (QED) is 0.932. The van der Waals surface area contributed by atoms with Gasteiger partial charge in [0.15, 0.2) is 5.58 Å². The molecule has 0 saturated carbocycles. The van der Waals surface area contributed by atoms with Gasteiger partial charge in [-0.15, -0.1) is 0 Å². The summed E-state index contributed by atoms with van der Waals surface area (Å²) in [5.74, 6) is 0. The van der Waals surface area contributed by atoms with Crippen LogP contribution in [0.3, 0.4) is 0 Å². The maximum atomic E-state index is 12.5. The van der Waals surface area contributed by atoms with Gasteiger partial charge in [-0.3, -0.25) is 0 Å². The first kappa shape index (κ1) is 16.6. The molecule has 1 aromatic heterocycles. The minimum Gasteiger partial charge on any atom is -0.423 e. The summed E-state index contributed by atoms with van der Waals surface area (Å²) in [6, 6.07) is 5.93. The van der Waals surface area contributed by atoms with Crippen molar-refractivity contribution in [2.45, 2.75) is 25.9 Å². The molecule has 1 N–H and O–H groups in total. The molecular weight excluding hydrogens is 308 g/mol. The first-order valence-electron chi connectivity index (χ1n) is 8.32. The number of rotatable bonds is 4. The van der Waals surface area contributed by atoms with E-state index in [1.165, 1.54) is 0 Å². The maximum absolute atomic E-state index is 12.5. The van der Waals surface area contributed by atoms with Crippen molar-refractivity contribution in [1.29, 1.82) is 0 Å². The minimum atomic E-state index is -0.105. The predicted molar refractivity (Wildman–Crippen MR) is 93.6 cm³/mol. The molecule has 0 spiro atoms. The number of piperidine rings is 1. The number of oxazole rings is 1. The van der Waals surface area contributed by atoms with Gasteiger partial charge in [0, 0.05) is 45.5 Å². The Labute approximate surface area is 141 Å². The van der Waals surface area contributed by atoms with Crippen molar-refractivity contribution in [2.24, 2.45) is 0 Å². The van der Waals surface area contributed by atoms with Gasteiger partial charge >= 0.3 is 6.03 Å².